The first-order valence-electron chi connectivity index (χ1n) is 7.23. The molecular formula is C17H16ClN3O2. The van der Waals surface area contributed by atoms with Crippen LogP contribution in [0.2, 0.25) is 5.02 Å². The predicted molar refractivity (Wildman–Crippen MR) is 87.9 cm³/mol. The SMILES string of the molecule is Cc1ccc([C@H]2NNC(=O)[C@H]2NC(=O)c2ccc(Cl)cc2)cc1. The Morgan fingerprint density at radius 2 is 1.74 bits per heavy atom. The van der Waals surface area contributed by atoms with Gasteiger partial charge in [0.05, 0.1) is 6.04 Å². The van der Waals surface area contributed by atoms with Crippen LogP contribution in [-0.4, -0.2) is 17.9 Å². The van der Waals surface area contributed by atoms with Crippen molar-refractivity contribution in [2.45, 2.75) is 19.0 Å². The van der Waals surface area contributed by atoms with Gasteiger partial charge in [0.2, 0.25) is 0 Å². The molecule has 2 amide bonds. The van der Waals surface area contributed by atoms with Crippen LogP contribution in [0.15, 0.2) is 48.5 Å². The second-order valence-electron chi connectivity index (χ2n) is 5.48. The minimum atomic E-state index is -0.680. The molecule has 0 bridgehead atoms. The molecule has 2 aromatic rings. The number of benzene rings is 2. The number of rotatable bonds is 3. The molecular weight excluding hydrogens is 314 g/mol. The van der Waals surface area contributed by atoms with Crippen LogP contribution in [0.1, 0.15) is 27.5 Å². The van der Waals surface area contributed by atoms with Crippen LogP contribution in [-0.2, 0) is 4.79 Å². The summed E-state index contributed by atoms with van der Waals surface area (Å²) in [5, 5.41) is 3.33. The van der Waals surface area contributed by atoms with E-state index in [0.29, 0.717) is 10.6 Å². The maximum atomic E-state index is 12.3. The van der Waals surface area contributed by atoms with Gasteiger partial charge in [-0.3, -0.25) is 15.0 Å². The Morgan fingerprint density at radius 3 is 2.39 bits per heavy atom. The Labute approximate surface area is 139 Å². The van der Waals surface area contributed by atoms with Gasteiger partial charge in [0.15, 0.2) is 0 Å². The second kappa shape index (κ2) is 6.40. The molecule has 2 aromatic carbocycles. The molecule has 118 valence electrons. The highest BCUT2D eigenvalue weighted by atomic mass is 35.5. The molecule has 5 nitrogen and oxygen atoms in total. The van der Waals surface area contributed by atoms with E-state index in [0.717, 1.165) is 11.1 Å². The molecule has 2 atom stereocenters. The number of carbonyl (C=O) groups is 2. The number of amides is 2. The highest BCUT2D eigenvalue weighted by molar-refractivity contribution is 6.30. The van der Waals surface area contributed by atoms with Crippen LogP contribution in [0.25, 0.3) is 0 Å². The molecule has 0 spiro atoms. The van der Waals surface area contributed by atoms with Crippen LogP contribution in [0.4, 0.5) is 0 Å². The third-order valence-corrected chi connectivity index (χ3v) is 4.05. The fourth-order valence-electron chi connectivity index (χ4n) is 2.49. The highest BCUT2D eigenvalue weighted by Gasteiger charge is 2.36. The lowest BCUT2D eigenvalue weighted by Gasteiger charge is -2.18. The van der Waals surface area contributed by atoms with E-state index in [1.165, 1.54) is 0 Å². The normalized spacial score (nSPS) is 20.2. The van der Waals surface area contributed by atoms with Crippen LogP contribution in [0, 0.1) is 6.92 Å². The summed E-state index contributed by atoms with van der Waals surface area (Å²) in [4.78, 5) is 24.4. The summed E-state index contributed by atoms with van der Waals surface area (Å²) < 4.78 is 0. The number of carbonyl (C=O) groups excluding carboxylic acids is 2. The fourth-order valence-corrected chi connectivity index (χ4v) is 2.61. The van der Waals surface area contributed by atoms with Crippen molar-refractivity contribution < 1.29 is 9.59 Å². The van der Waals surface area contributed by atoms with E-state index in [9.17, 15) is 9.59 Å². The van der Waals surface area contributed by atoms with E-state index in [1.807, 2.05) is 31.2 Å². The molecule has 0 aliphatic carbocycles. The minimum absolute atomic E-state index is 0.266. The standard InChI is InChI=1S/C17H16ClN3O2/c1-10-2-4-11(5-3-10)14-15(17(23)21-20-14)19-16(22)12-6-8-13(18)9-7-12/h2-9,14-15,20H,1H3,(H,19,22)(H,21,23)/t14-,15+/m1/s1. The van der Waals surface area contributed by atoms with Crippen LogP contribution in [0.5, 0.6) is 0 Å². The Kier molecular flexibility index (Phi) is 4.32. The zero-order valence-corrected chi connectivity index (χ0v) is 13.2. The summed E-state index contributed by atoms with van der Waals surface area (Å²) in [6.45, 7) is 2.00. The summed E-state index contributed by atoms with van der Waals surface area (Å²) in [5.41, 5.74) is 8.01. The summed E-state index contributed by atoms with van der Waals surface area (Å²) in [6, 6.07) is 13.3. The average molecular weight is 330 g/mol. The zero-order chi connectivity index (χ0) is 16.4. The molecule has 3 N–H and O–H groups in total. The number of hydrogen-bond donors (Lipinski definition) is 3. The lowest BCUT2D eigenvalue weighted by Crippen LogP contribution is -2.42. The maximum absolute atomic E-state index is 12.3. The van der Waals surface area contributed by atoms with E-state index < -0.39 is 6.04 Å². The van der Waals surface area contributed by atoms with Gasteiger partial charge in [-0.15, -0.1) is 0 Å². The summed E-state index contributed by atoms with van der Waals surface area (Å²) in [7, 11) is 0. The van der Waals surface area contributed by atoms with Gasteiger partial charge < -0.3 is 5.32 Å². The molecule has 1 fully saturated rings. The van der Waals surface area contributed by atoms with Gasteiger partial charge in [-0.1, -0.05) is 41.4 Å². The molecule has 1 heterocycles. The van der Waals surface area contributed by atoms with Crippen molar-refractivity contribution in [3.05, 3.63) is 70.2 Å². The van der Waals surface area contributed by atoms with Gasteiger partial charge in [-0.25, -0.2) is 5.43 Å². The number of halogens is 1. The predicted octanol–water partition coefficient (Wildman–Crippen LogP) is 2.12. The molecule has 3 rings (SSSR count). The third-order valence-electron chi connectivity index (χ3n) is 3.80. The lowest BCUT2D eigenvalue weighted by atomic mass is 9.99. The largest absolute Gasteiger partial charge is 0.338 e. The van der Waals surface area contributed by atoms with Crippen molar-refractivity contribution in [2.24, 2.45) is 0 Å². The third kappa shape index (κ3) is 3.36. The van der Waals surface area contributed by atoms with Crippen LogP contribution < -0.4 is 16.2 Å². The Bertz CT molecular complexity index is 729. The summed E-state index contributed by atoms with van der Waals surface area (Å²) in [6.07, 6.45) is 0. The van der Waals surface area contributed by atoms with E-state index >= 15 is 0 Å². The zero-order valence-electron chi connectivity index (χ0n) is 12.5. The number of aryl methyl sites for hydroxylation is 1. The van der Waals surface area contributed by atoms with E-state index in [1.54, 1.807) is 24.3 Å². The number of nitrogens with one attached hydrogen (secondary N) is 3. The average Bonchev–Trinajstić information content (AvgIpc) is 2.90. The molecule has 0 radical (unpaired) electrons. The smallest absolute Gasteiger partial charge is 0.258 e. The van der Waals surface area contributed by atoms with Crippen LogP contribution >= 0.6 is 11.6 Å². The van der Waals surface area contributed by atoms with Crippen LogP contribution in [0.3, 0.4) is 0 Å². The van der Waals surface area contributed by atoms with Gasteiger partial charge in [-0.05, 0) is 36.8 Å². The maximum Gasteiger partial charge on any atom is 0.258 e. The Hall–Kier alpha value is -2.37. The highest BCUT2D eigenvalue weighted by Crippen LogP contribution is 2.21. The van der Waals surface area contributed by atoms with Crippen molar-refractivity contribution in [1.82, 2.24) is 16.2 Å². The lowest BCUT2D eigenvalue weighted by molar-refractivity contribution is -0.121. The first-order valence-corrected chi connectivity index (χ1v) is 7.61. The Balaban J connectivity index is 1.78. The summed E-state index contributed by atoms with van der Waals surface area (Å²) >= 11 is 5.82. The number of hydrazine groups is 1. The van der Waals surface area contributed by atoms with Crippen molar-refractivity contribution in [1.29, 1.82) is 0 Å². The van der Waals surface area contributed by atoms with Gasteiger partial charge in [0, 0.05) is 10.6 Å². The van der Waals surface area contributed by atoms with Crippen molar-refractivity contribution in [2.75, 3.05) is 0 Å². The molecule has 0 aromatic heterocycles. The molecule has 1 aliphatic rings. The van der Waals surface area contributed by atoms with Gasteiger partial charge in [0.25, 0.3) is 11.8 Å². The van der Waals surface area contributed by atoms with Crippen molar-refractivity contribution in [3.8, 4) is 0 Å². The van der Waals surface area contributed by atoms with Crippen molar-refractivity contribution >= 4 is 23.4 Å². The second-order valence-corrected chi connectivity index (χ2v) is 5.92. The first kappa shape index (κ1) is 15.5. The fraction of sp³-hybridized carbons (Fsp3) is 0.176. The molecule has 0 unspecified atom stereocenters. The molecule has 6 heteroatoms. The number of hydrogen-bond acceptors (Lipinski definition) is 3. The topological polar surface area (TPSA) is 70.2 Å². The molecule has 1 saturated heterocycles. The molecule has 1 aliphatic heterocycles. The molecule has 0 saturated carbocycles. The van der Waals surface area contributed by atoms with Crippen molar-refractivity contribution in [3.63, 3.8) is 0 Å². The monoisotopic (exact) mass is 329 g/mol. The Morgan fingerprint density at radius 1 is 1.09 bits per heavy atom. The quantitative estimate of drug-likeness (QED) is 0.808. The summed E-state index contributed by atoms with van der Waals surface area (Å²) in [5.74, 6) is -0.583. The van der Waals surface area contributed by atoms with Gasteiger partial charge in [-0.2, -0.15) is 0 Å². The van der Waals surface area contributed by atoms with E-state index in [2.05, 4.69) is 16.2 Å². The van der Waals surface area contributed by atoms with Gasteiger partial charge >= 0.3 is 0 Å². The van der Waals surface area contributed by atoms with E-state index in [-0.39, 0.29) is 17.9 Å². The minimum Gasteiger partial charge on any atom is -0.338 e. The van der Waals surface area contributed by atoms with E-state index in [4.69, 9.17) is 11.6 Å². The van der Waals surface area contributed by atoms with Gasteiger partial charge in [0.1, 0.15) is 6.04 Å². The first-order chi connectivity index (χ1) is 11.0. The molecule has 23 heavy (non-hydrogen) atoms.